The summed E-state index contributed by atoms with van der Waals surface area (Å²) in [6.45, 7) is 8.82. The summed E-state index contributed by atoms with van der Waals surface area (Å²) < 4.78 is 33.6. The van der Waals surface area contributed by atoms with Crippen LogP contribution in [0, 0.1) is 20.8 Å². The fraction of sp³-hybridized carbons (Fsp3) is 0.296. The van der Waals surface area contributed by atoms with Crippen LogP contribution in [0.15, 0.2) is 71.6 Å². The Labute approximate surface area is 207 Å². The van der Waals surface area contributed by atoms with Crippen LogP contribution in [0.3, 0.4) is 0 Å². The van der Waals surface area contributed by atoms with E-state index in [1.165, 1.54) is 28.9 Å². The van der Waals surface area contributed by atoms with Gasteiger partial charge in [-0.05, 0) is 73.9 Å². The van der Waals surface area contributed by atoms with Crippen LogP contribution in [0.1, 0.15) is 16.7 Å². The number of aryl methyl sites for hydroxylation is 2. The maximum absolute atomic E-state index is 12.7. The highest BCUT2D eigenvalue weighted by Gasteiger charge is 2.23. The highest BCUT2D eigenvalue weighted by atomic mass is 32.2. The molecule has 1 fully saturated rings. The van der Waals surface area contributed by atoms with E-state index >= 15 is 0 Å². The first kappa shape index (κ1) is 24.6. The van der Waals surface area contributed by atoms with Crippen LogP contribution in [0.4, 0.5) is 11.4 Å². The normalized spacial score (nSPS) is 14.0. The number of piperazine rings is 1. The molecule has 1 N–H and O–H groups in total. The summed E-state index contributed by atoms with van der Waals surface area (Å²) >= 11 is 0. The first-order valence-electron chi connectivity index (χ1n) is 11.6. The monoisotopic (exact) mass is 493 g/mol. The molecular weight excluding hydrogens is 462 g/mol. The number of ether oxygens (including phenoxy) is 1. The average Bonchev–Trinajstić information content (AvgIpc) is 2.86. The van der Waals surface area contributed by atoms with Crippen molar-refractivity contribution in [1.29, 1.82) is 0 Å². The highest BCUT2D eigenvalue weighted by molar-refractivity contribution is 7.92. The Morgan fingerprint density at radius 2 is 1.51 bits per heavy atom. The van der Waals surface area contributed by atoms with E-state index in [9.17, 15) is 13.2 Å². The number of anilines is 2. The molecule has 1 saturated heterocycles. The number of nitrogens with one attached hydrogen (secondary N) is 1. The minimum atomic E-state index is -3.72. The van der Waals surface area contributed by atoms with E-state index in [0.717, 1.165) is 18.7 Å². The summed E-state index contributed by atoms with van der Waals surface area (Å²) in [4.78, 5) is 16.9. The van der Waals surface area contributed by atoms with Gasteiger partial charge in [-0.2, -0.15) is 0 Å². The van der Waals surface area contributed by atoms with Crippen molar-refractivity contribution in [2.24, 2.45) is 0 Å². The number of sulfonamides is 1. The van der Waals surface area contributed by atoms with E-state index < -0.39 is 10.0 Å². The molecule has 0 saturated carbocycles. The Morgan fingerprint density at radius 3 is 2.20 bits per heavy atom. The van der Waals surface area contributed by atoms with Crippen molar-refractivity contribution in [3.05, 3.63) is 83.4 Å². The molecule has 0 spiro atoms. The van der Waals surface area contributed by atoms with Crippen LogP contribution < -0.4 is 14.4 Å². The molecule has 1 amide bonds. The maximum Gasteiger partial charge on any atom is 0.261 e. The van der Waals surface area contributed by atoms with E-state index in [4.69, 9.17) is 4.74 Å². The molecular formula is C27H31N3O4S. The largest absolute Gasteiger partial charge is 0.484 e. The standard InChI is InChI=1S/C27H31N3O4S/c1-20-8-6-10-26(22(20)3)29-15-17-30(18-16-29)27(31)19-34-23-11-13-24(14-12-23)35(32,33)28-25-9-5-4-7-21(25)2/h4-14,28H,15-19H2,1-3H3. The van der Waals surface area contributed by atoms with Gasteiger partial charge in [-0.1, -0.05) is 30.3 Å². The van der Waals surface area contributed by atoms with Gasteiger partial charge in [0.05, 0.1) is 10.6 Å². The van der Waals surface area contributed by atoms with Crippen LogP contribution in [-0.4, -0.2) is 52.0 Å². The fourth-order valence-electron chi connectivity index (χ4n) is 4.12. The molecule has 3 aromatic rings. The summed E-state index contributed by atoms with van der Waals surface area (Å²) in [6.07, 6.45) is 0. The second-order valence-electron chi connectivity index (χ2n) is 8.77. The zero-order valence-electron chi connectivity index (χ0n) is 20.3. The van der Waals surface area contributed by atoms with E-state index in [-0.39, 0.29) is 17.4 Å². The molecule has 7 nitrogen and oxygen atoms in total. The molecule has 184 valence electrons. The Hall–Kier alpha value is -3.52. The molecule has 1 aliphatic rings. The predicted octanol–water partition coefficient (Wildman–Crippen LogP) is 4.14. The van der Waals surface area contributed by atoms with Crippen molar-refractivity contribution >= 4 is 27.3 Å². The fourth-order valence-corrected chi connectivity index (χ4v) is 5.25. The molecule has 0 bridgehead atoms. The second-order valence-corrected chi connectivity index (χ2v) is 10.4. The summed E-state index contributed by atoms with van der Waals surface area (Å²) in [6, 6.07) is 19.6. The molecule has 0 atom stereocenters. The number of nitrogens with zero attached hydrogens (tertiary/aromatic N) is 2. The lowest BCUT2D eigenvalue weighted by molar-refractivity contribution is -0.133. The number of hydrogen-bond donors (Lipinski definition) is 1. The van der Waals surface area contributed by atoms with Gasteiger partial charge in [0.2, 0.25) is 0 Å². The van der Waals surface area contributed by atoms with E-state index in [1.807, 2.05) is 24.0 Å². The van der Waals surface area contributed by atoms with Crippen molar-refractivity contribution in [3.8, 4) is 5.75 Å². The second kappa shape index (κ2) is 10.4. The van der Waals surface area contributed by atoms with Crippen LogP contribution in [0.5, 0.6) is 5.75 Å². The van der Waals surface area contributed by atoms with Crippen LogP contribution >= 0.6 is 0 Å². The Morgan fingerprint density at radius 1 is 0.857 bits per heavy atom. The topological polar surface area (TPSA) is 78.9 Å². The lowest BCUT2D eigenvalue weighted by Gasteiger charge is -2.37. The van der Waals surface area contributed by atoms with Crippen molar-refractivity contribution in [3.63, 3.8) is 0 Å². The van der Waals surface area contributed by atoms with Gasteiger partial charge < -0.3 is 14.5 Å². The lowest BCUT2D eigenvalue weighted by Crippen LogP contribution is -2.50. The van der Waals surface area contributed by atoms with Gasteiger partial charge >= 0.3 is 0 Å². The zero-order valence-corrected chi connectivity index (χ0v) is 21.1. The van der Waals surface area contributed by atoms with Crippen LogP contribution in [0.25, 0.3) is 0 Å². The van der Waals surface area contributed by atoms with Gasteiger partial charge in [0.15, 0.2) is 6.61 Å². The predicted molar refractivity (Wildman–Crippen MR) is 139 cm³/mol. The smallest absolute Gasteiger partial charge is 0.261 e. The summed E-state index contributed by atoms with van der Waals surface area (Å²) in [5.74, 6) is 0.366. The lowest BCUT2D eigenvalue weighted by atomic mass is 10.1. The molecule has 0 aliphatic carbocycles. The average molecular weight is 494 g/mol. The van der Waals surface area contributed by atoms with Gasteiger partial charge in [0, 0.05) is 31.9 Å². The van der Waals surface area contributed by atoms with Crippen molar-refractivity contribution in [1.82, 2.24) is 4.90 Å². The van der Waals surface area contributed by atoms with Gasteiger partial charge in [-0.3, -0.25) is 9.52 Å². The summed E-state index contributed by atoms with van der Waals surface area (Å²) in [7, 11) is -3.72. The van der Waals surface area contributed by atoms with Crippen molar-refractivity contribution in [2.75, 3.05) is 42.4 Å². The number of carbonyl (C=O) groups excluding carboxylic acids is 1. The van der Waals surface area contributed by atoms with Gasteiger partial charge in [-0.25, -0.2) is 8.42 Å². The third kappa shape index (κ3) is 5.77. The molecule has 3 aromatic carbocycles. The van der Waals surface area contributed by atoms with Gasteiger partial charge in [0.25, 0.3) is 15.9 Å². The highest BCUT2D eigenvalue weighted by Crippen LogP contribution is 2.24. The Kier molecular flexibility index (Phi) is 7.31. The minimum Gasteiger partial charge on any atom is -0.484 e. The molecule has 4 rings (SSSR count). The number of amides is 1. The van der Waals surface area contributed by atoms with Crippen LogP contribution in [0.2, 0.25) is 0 Å². The van der Waals surface area contributed by atoms with E-state index in [1.54, 1.807) is 24.3 Å². The molecule has 35 heavy (non-hydrogen) atoms. The third-order valence-electron chi connectivity index (χ3n) is 6.43. The number of para-hydroxylation sites is 1. The van der Waals surface area contributed by atoms with Crippen molar-refractivity contribution < 1.29 is 17.9 Å². The molecule has 1 aliphatic heterocycles. The number of hydrogen-bond acceptors (Lipinski definition) is 5. The number of carbonyl (C=O) groups is 1. The molecule has 0 unspecified atom stereocenters. The zero-order chi connectivity index (χ0) is 25.0. The van der Waals surface area contributed by atoms with Crippen molar-refractivity contribution in [2.45, 2.75) is 25.7 Å². The summed E-state index contributed by atoms with van der Waals surface area (Å²) in [5, 5.41) is 0. The van der Waals surface area contributed by atoms with Gasteiger partial charge in [0.1, 0.15) is 5.75 Å². The Bertz CT molecular complexity index is 1300. The first-order chi connectivity index (χ1) is 16.7. The maximum atomic E-state index is 12.7. The van der Waals surface area contributed by atoms with Crippen LogP contribution in [-0.2, 0) is 14.8 Å². The number of benzene rings is 3. The first-order valence-corrected chi connectivity index (χ1v) is 13.1. The molecule has 8 heteroatoms. The molecule has 1 heterocycles. The minimum absolute atomic E-state index is 0.0801. The third-order valence-corrected chi connectivity index (χ3v) is 7.82. The quantitative estimate of drug-likeness (QED) is 0.535. The van der Waals surface area contributed by atoms with E-state index in [2.05, 4.69) is 41.7 Å². The van der Waals surface area contributed by atoms with Gasteiger partial charge in [-0.15, -0.1) is 0 Å². The Balaban J connectivity index is 1.29. The van der Waals surface area contributed by atoms with E-state index in [0.29, 0.717) is 24.5 Å². The SMILES string of the molecule is Cc1ccccc1NS(=O)(=O)c1ccc(OCC(=O)N2CCN(c3cccc(C)c3C)CC2)cc1. The molecule has 0 radical (unpaired) electrons. The number of rotatable bonds is 7. The summed E-state index contributed by atoms with van der Waals surface area (Å²) in [5.41, 5.74) is 5.13. The molecule has 0 aromatic heterocycles.